The Morgan fingerprint density at radius 1 is 1.62 bits per heavy atom. The van der Waals surface area contributed by atoms with Crippen LogP contribution in [0.4, 0.5) is 0 Å². The van der Waals surface area contributed by atoms with Gasteiger partial charge in [0.1, 0.15) is 0 Å². The third kappa shape index (κ3) is 2.61. The van der Waals surface area contributed by atoms with Crippen LogP contribution in [0.1, 0.15) is 25.7 Å². The number of carbonyl (C=O) groups is 1. The van der Waals surface area contributed by atoms with Gasteiger partial charge in [0.15, 0.2) is 0 Å². The van der Waals surface area contributed by atoms with Gasteiger partial charge in [-0.2, -0.15) is 11.8 Å². The third-order valence-electron chi connectivity index (χ3n) is 2.70. The summed E-state index contributed by atoms with van der Waals surface area (Å²) in [6.45, 7) is 0. The second-order valence-electron chi connectivity index (χ2n) is 4.17. The van der Waals surface area contributed by atoms with Crippen molar-refractivity contribution in [3.8, 4) is 0 Å². The summed E-state index contributed by atoms with van der Waals surface area (Å²) in [5.41, 5.74) is 5.71. The van der Waals surface area contributed by atoms with Crippen LogP contribution in [-0.2, 0) is 4.79 Å². The SMILES string of the molecule is NC1(CC(=O)NC2CCSC2)CC1. The summed E-state index contributed by atoms with van der Waals surface area (Å²) in [5, 5.41) is 3.04. The Bertz CT molecular complexity index is 210. The molecule has 13 heavy (non-hydrogen) atoms. The molecule has 2 aliphatic rings. The molecule has 0 spiro atoms. The number of carbonyl (C=O) groups excluding carboxylic acids is 1. The monoisotopic (exact) mass is 200 g/mol. The van der Waals surface area contributed by atoms with Crippen LogP contribution < -0.4 is 11.1 Å². The molecule has 3 nitrogen and oxygen atoms in total. The maximum absolute atomic E-state index is 11.5. The highest BCUT2D eigenvalue weighted by Gasteiger charge is 2.40. The van der Waals surface area contributed by atoms with Crippen molar-refractivity contribution in [3.05, 3.63) is 0 Å². The van der Waals surface area contributed by atoms with Crippen LogP contribution in [-0.4, -0.2) is 29.0 Å². The van der Waals surface area contributed by atoms with Gasteiger partial charge in [0.05, 0.1) is 0 Å². The molecule has 2 fully saturated rings. The summed E-state index contributed by atoms with van der Waals surface area (Å²) in [5.74, 6) is 2.40. The zero-order chi connectivity index (χ0) is 9.31. The molecular formula is C9H16N2OS. The average molecular weight is 200 g/mol. The van der Waals surface area contributed by atoms with Crippen molar-refractivity contribution in [2.75, 3.05) is 11.5 Å². The lowest BCUT2D eigenvalue weighted by atomic mass is 10.1. The van der Waals surface area contributed by atoms with Crippen molar-refractivity contribution in [1.29, 1.82) is 0 Å². The van der Waals surface area contributed by atoms with Crippen LogP contribution in [0.15, 0.2) is 0 Å². The molecule has 0 aromatic rings. The molecule has 3 N–H and O–H groups in total. The molecule has 1 unspecified atom stereocenters. The van der Waals surface area contributed by atoms with E-state index in [-0.39, 0.29) is 11.4 Å². The molecule has 1 atom stereocenters. The van der Waals surface area contributed by atoms with E-state index in [2.05, 4.69) is 5.32 Å². The van der Waals surface area contributed by atoms with Crippen LogP contribution in [0.25, 0.3) is 0 Å². The van der Waals surface area contributed by atoms with Crippen molar-refractivity contribution in [1.82, 2.24) is 5.32 Å². The van der Waals surface area contributed by atoms with Gasteiger partial charge in [0.25, 0.3) is 0 Å². The van der Waals surface area contributed by atoms with E-state index in [1.165, 1.54) is 5.75 Å². The smallest absolute Gasteiger partial charge is 0.222 e. The summed E-state index contributed by atoms with van der Waals surface area (Å²) in [7, 11) is 0. The molecule has 1 amide bonds. The number of nitrogens with two attached hydrogens (primary N) is 1. The summed E-state index contributed by atoms with van der Waals surface area (Å²) < 4.78 is 0. The number of amides is 1. The zero-order valence-electron chi connectivity index (χ0n) is 7.71. The minimum atomic E-state index is -0.143. The summed E-state index contributed by atoms with van der Waals surface area (Å²) in [6, 6.07) is 0.403. The molecule has 4 heteroatoms. The van der Waals surface area contributed by atoms with Gasteiger partial charge in [-0.05, 0) is 25.0 Å². The highest BCUT2D eigenvalue weighted by molar-refractivity contribution is 7.99. The van der Waals surface area contributed by atoms with E-state index < -0.39 is 0 Å². The fourth-order valence-corrected chi connectivity index (χ4v) is 2.74. The van der Waals surface area contributed by atoms with E-state index in [1.54, 1.807) is 0 Å². The number of thioether (sulfide) groups is 1. The van der Waals surface area contributed by atoms with E-state index in [0.717, 1.165) is 25.0 Å². The van der Waals surface area contributed by atoms with Gasteiger partial charge >= 0.3 is 0 Å². The zero-order valence-corrected chi connectivity index (χ0v) is 8.53. The first-order valence-corrected chi connectivity index (χ1v) is 5.99. The molecule has 1 heterocycles. The molecule has 1 saturated heterocycles. The largest absolute Gasteiger partial charge is 0.352 e. The van der Waals surface area contributed by atoms with Gasteiger partial charge in [-0.25, -0.2) is 0 Å². The molecule has 1 aliphatic heterocycles. The first kappa shape index (κ1) is 9.34. The Kier molecular flexibility index (Phi) is 2.51. The minimum Gasteiger partial charge on any atom is -0.352 e. The fourth-order valence-electron chi connectivity index (χ4n) is 1.58. The van der Waals surface area contributed by atoms with Crippen molar-refractivity contribution in [2.45, 2.75) is 37.3 Å². The summed E-state index contributed by atoms with van der Waals surface area (Å²) >= 11 is 1.91. The normalized spacial score (nSPS) is 30.1. The van der Waals surface area contributed by atoms with Gasteiger partial charge in [-0.15, -0.1) is 0 Å². The van der Waals surface area contributed by atoms with Crippen molar-refractivity contribution in [3.63, 3.8) is 0 Å². The number of nitrogens with one attached hydrogen (secondary N) is 1. The molecule has 0 radical (unpaired) electrons. The van der Waals surface area contributed by atoms with E-state index in [1.807, 2.05) is 11.8 Å². The molecule has 0 bridgehead atoms. The highest BCUT2D eigenvalue weighted by atomic mass is 32.2. The van der Waals surface area contributed by atoms with Crippen molar-refractivity contribution < 1.29 is 4.79 Å². The maximum Gasteiger partial charge on any atom is 0.222 e. The van der Waals surface area contributed by atoms with Gasteiger partial charge in [-0.3, -0.25) is 4.79 Å². The minimum absolute atomic E-state index is 0.143. The third-order valence-corrected chi connectivity index (χ3v) is 3.86. The Morgan fingerprint density at radius 2 is 2.38 bits per heavy atom. The lowest BCUT2D eigenvalue weighted by molar-refractivity contribution is -0.122. The Morgan fingerprint density at radius 3 is 2.92 bits per heavy atom. The van der Waals surface area contributed by atoms with Crippen LogP contribution in [0, 0.1) is 0 Å². The molecule has 2 rings (SSSR count). The number of rotatable bonds is 3. The predicted octanol–water partition coefficient (Wildman–Crippen LogP) is 0.489. The topological polar surface area (TPSA) is 55.1 Å². The quantitative estimate of drug-likeness (QED) is 0.697. The maximum atomic E-state index is 11.5. The Labute approximate surface area is 82.8 Å². The van der Waals surface area contributed by atoms with Gasteiger partial charge in [0.2, 0.25) is 5.91 Å². The van der Waals surface area contributed by atoms with Crippen molar-refractivity contribution in [2.24, 2.45) is 5.73 Å². The highest BCUT2D eigenvalue weighted by Crippen LogP contribution is 2.35. The molecule has 1 saturated carbocycles. The predicted molar refractivity (Wildman–Crippen MR) is 54.6 cm³/mol. The van der Waals surface area contributed by atoms with Crippen molar-refractivity contribution >= 4 is 17.7 Å². The molecule has 0 aromatic carbocycles. The van der Waals surface area contributed by atoms with E-state index in [4.69, 9.17) is 5.73 Å². The van der Waals surface area contributed by atoms with E-state index in [0.29, 0.717) is 12.5 Å². The van der Waals surface area contributed by atoms with Gasteiger partial charge < -0.3 is 11.1 Å². The van der Waals surface area contributed by atoms with E-state index in [9.17, 15) is 4.79 Å². The average Bonchev–Trinajstić information content (AvgIpc) is 2.61. The standard InChI is InChI=1S/C9H16N2OS/c10-9(2-3-9)5-8(12)11-7-1-4-13-6-7/h7H,1-6,10H2,(H,11,12). The first-order chi connectivity index (χ1) is 6.18. The first-order valence-electron chi connectivity index (χ1n) is 4.84. The van der Waals surface area contributed by atoms with Gasteiger partial charge in [-0.1, -0.05) is 0 Å². The number of hydrogen-bond donors (Lipinski definition) is 2. The van der Waals surface area contributed by atoms with E-state index >= 15 is 0 Å². The Balaban J connectivity index is 1.71. The van der Waals surface area contributed by atoms with Crippen LogP contribution >= 0.6 is 11.8 Å². The van der Waals surface area contributed by atoms with Gasteiger partial charge in [0, 0.05) is 23.8 Å². The molecule has 74 valence electrons. The second kappa shape index (κ2) is 3.50. The fraction of sp³-hybridized carbons (Fsp3) is 0.889. The molecule has 0 aromatic heterocycles. The Hall–Kier alpha value is -0.220. The summed E-state index contributed by atoms with van der Waals surface area (Å²) in [6.07, 6.45) is 3.67. The van der Waals surface area contributed by atoms with Crippen LogP contribution in [0.3, 0.4) is 0 Å². The summed E-state index contributed by atoms with van der Waals surface area (Å²) in [4.78, 5) is 11.5. The molecular weight excluding hydrogens is 184 g/mol. The van der Waals surface area contributed by atoms with Crippen LogP contribution in [0.5, 0.6) is 0 Å². The molecule has 1 aliphatic carbocycles. The second-order valence-corrected chi connectivity index (χ2v) is 5.32. The number of hydrogen-bond acceptors (Lipinski definition) is 3. The van der Waals surface area contributed by atoms with Crippen LogP contribution in [0.2, 0.25) is 0 Å². The lowest BCUT2D eigenvalue weighted by Gasteiger charge is -2.13. The lowest BCUT2D eigenvalue weighted by Crippen LogP contribution is -2.39.